The molecule has 1 aliphatic heterocycles. The molecule has 1 saturated heterocycles. The maximum absolute atomic E-state index is 13.2. The molecule has 5 nitrogen and oxygen atoms in total. The molecule has 1 aliphatic carbocycles. The number of halogens is 1. The molecule has 2 aliphatic rings. The number of nitrogens with one attached hydrogen (secondary N) is 1. The molecular formula is C23H26ClN3O2. The molecule has 3 aromatic rings. The van der Waals surface area contributed by atoms with Crippen LogP contribution in [0.5, 0.6) is 0 Å². The summed E-state index contributed by atoms with van der Waals surface area (Å²) in [5.74, 6) is 1.51. The number of benzene rings is 1. The predicted octanol–water partition coefficient (Wildman–Crippen LogP) is 5.23. The number of amides is 1. The summed E-state index contributed by atoms with van der Waals surface area (Å²) in [5, 5.41) is 4.90. The molecular weight excluding hydrogens is 386 g/mol. The zero-order valence-corrected chi connectivity index (χ0v) is 17.4. The highest BCUT2D eigenvalue weighted by Gasteiger charge is 2.34. The number of carbonyl (C=O) groups is 1. The molecule has 2 aromatic heterocycles. The number of rotatable bonds is 2. The van der Waals surface area contributed by atoms with Gasteiger partial charge in [-0.25, -0.2) is 4.79 Å². The van der Waals surface area contributed by atoms with E-state index in [9.17, 15) is 4.79 Å². The summed E-state index contributed by atoms with van der Waals surface area (Å²) in [6.45, 7) is 2.36. The lowest BCUT2D eigenvalue weighted by Crippen LogP contribution is -2.47. The number of nitrogens with zero attached hydrogens (tertiary/aromatic N) is 2. The van der Waals surface area contributed by atoms with Crippen LogP contribution in [0.2, 0.25) is 5.02 Å². The molecule has 152 valence electrons. The summed E-state index contributed by atoms with van der Waals surface area (Å²) in [5.41, 5.74) is 2.75. The number of aromatic nitrogens is 1. The van der Waals surface area contributed by atoms with Crippen LogP contribution in [0, 0.1) is 11.8 Å². The normalized spacial score (nSPS) is 25.1. The van der Waals surface area contributed by atoms with E-state index in [0.29, 0.717) is 5.02 Å². The molecule has 2 fully saturated rings. The summed E-state index contributed by atoms with van der Waals surface area (Å²) in [7, 11) is 2.21. The lowest BCUT2D eigenvalue weighted by atomic mass is 9.73. The van der Waals surface area contributed by atoms with Crippen LogP contribution in [-0.2, 0) is 0 Å². The van der Waals surface area contributed by atoms with Crippen LogP contribution in [0.4, 0.5) is 4.79 Å². The Kier molecular flexibility index (Phi) is 4.88. The largest absolute Gasteiger partial charge is 0.472 e. The highest BCUT2D eigenvalue weighted by atomic mass is 35.5. The standard InChI is InChI=1S/C23H26ClN3O2/c1-26-8-6-15-10-19(4-2-16(15)12-26)25-23(28)27-13-21(17-7-9-29-14-17)20-11-18(24)3-5-22(20)27/h3,5,7,9,11,13-16,19H,2,4,6,8,10,12H2,1H3,(H,25,28). The van der Waals surface area contributed by atoms with E-state index in [2.05, 4.69) is 17.3 Å². The van der Waals surface area contributed by atoms with Crippen LogP contribution < -0.4 is 5.32 Å². The topological polar surface area (TPSA) is 50.4 Å². The van der Waals surface area contributed by atoms with Gasteiger partial charge < -0.3 is 14.6 Å². The van der Waals surface area contributed by atoms with Gasteiger partial charge in [0.05, 0.1) is 18.0 Å². The van der Waals surface area contributed by atoms with E-state index in [4.69, 9.17) is 16.0 Å². The third kappa shape index (κ3) is 3.58. The highest BCUT2D eigenvalue weighted by molar-refractivity contribution is 6.31. The summed E-state index contributed by atoms with van der Waals surface area (Å²) in [6.07, 6.45) is 9.81. The number of fused-ring (bicyclic) bond motifs is 2. The number of carbonyl (C=O) groups excluding carboxylic acids is 1. The van der Waals surface area contributed by atoms with Crippen LogP contribution >= 0.6 is 11.6 Å². The molecule has 0 radical (unpaired) electrons. The van der Waals surface area contributed by atoms with Crippen LogP contribution in [0.1, 0.15) is 25.7 Å². The average Bonchev–Trinajstić information content (AvgIpc) is 3.35. The van der Waals surface area contributed by atoms with Crippen LogP contribution in [0.15, 0.2) is 47.4 Å². The molecule has 29 heavy (non-hydrogen) atoms. The molecule has 1 aromatic carbocycles. The first-order valence-corrected chi connectivity index (χ1v) is 10.8. The smallest absolute Gasteiger partial charge is 0.326 e. The van der Waals surface area contributed by atoms with E-state index >= 15 is 0 Å². The Morgan fingerprint density at radius 1 is 1.21 bits per heavy atom. The van der Waals surface area contributed by atoms with Gasteiger partial charge in [-0.15, -0.1) is 0 Å². The maximum atomic E-state index is 13.2. The minimum absolute atomic E-state index is 0.0663. The minimum Gasteiger partial charge on any atom is -0.472 e. The molecule has 1 amide bonds. The van der Waals surface area contributed by atoms with Crippen molar-refractivity contribution in [3.63, 3.8) is 0 Å². The van der Waals surface area contributed by atoms with Crippen molar-refractivity contribution >= 4 is 28.5 Å². The van der Waals surface area contributed by atoms with Gasteiger partial charge in [-0.1, -0.05) is 11.6 Å². The van der Waals surface area contributed by atoms with Gasteiger partial charge in [0.1, 0.15) is 0 Å². The van der Waals surface area contributed by atoms with E-state index in [0.717, 1.165) is 46.7 Å². The Labute approximate surface area is 175 Å². The van der Waals surface area contributed by atoms with Crippen molar-refractivity contribution in [1.82, 2.24) is 14.8 Å². The molecule has 5 rings (SSSR count). The fraction of sp³-hybridized carbons (Fsp3) is 0.435. The van der Waals surface area contributed by atoms with E-state index < -0.39 is 0 Å². The quantitative estimate of drug-likeness (QED) is 0.627. The lowest BCUT2D eigenvalue weighted by molar-refractivity contribution is 0.0912. The second kappa shape index (κ2) is 7.54. The van der Waals surface area contributed by atoms with Gasteiger partial charge >= 0.3 is 6.03 Å². The van der Waals surface area contributed by atoms with Crippen molar-refractivity contribution in [2.45, 2.75) is 31.7 Å². The monoisotopic (exact) mass is 411 g/mol. The molecule has 3 atom stereocenters. The van der Waals surface area contributed by atoms with Gasteiger partial charge in [0.25, 0.3) is 0 Å². The highest BCUT2D eigenvalue weighted by Crippen LogP contribution is 2.36. The zero-order valence-electron chi connectivity index (χ0n) is 16.6. The van der Waals surface area contributed by atoms with Gasteiger partial charge in [0.2, 0.25) is 0 Å². The summed E-state index contributed by atoms with van der Waals surface area (Å²) in [6, 6.07) is 7.73. The third-order valence-corrected chi connectivity index (χ3v) is 6.95. The maximum Gasteiger partial charge on any atom is 0.326 e. The molecule has 1 N–H and O–H groups in total. The Balaban J connectivity index is 1.39. The first-order chi connectivity index (χ1) is 14.1. The van der Waals surface area contributed by atoms with Gasteiger partial charge in [-0.05, 0) is 75.4 Å². The van der Waals surface area contributed by atoms with E-state index in [-0.39, 0.29) is 12.1 Å². The van der Waals surface area contributed by atoms with Gasteiger partial charge in [0, 0.05) is 40.3 Å². The van der Waals surface area contributed by atoms with Crippen molar-refractivity contribution < 1.29 is 9.21 Å². The van der Waals surface area contributed by atoms with Crippen molar-refractivity contribution in [2.75, 3.05) is 20.1 Å². The van der Waals surface area contributed by atoms with Crippen molar-refractivity contribution in [3.05, 3.63) is 48.0 Å². The van der Waals surface area contributed by atoms with Crippen molar-refractivity contribution in [1.29, 1.82) is 0 Å². The molecule has 0 bridgehead atoms. The summed E-state index contributed by atoms with van der Waals surface area (Å²) in [4.78, 5) is 15.6. The molecule has 6 heteroatoms. The minimum atomic E-state index is -0.0663. The van der Waals surface area contributed by atoms with Crippen LogP contribution in [0.25, 0.3) is 22.0 Å². The lowest BCUT2D eigenvalue weighted by Gasteiger charge is -2.42. The average molecular weight is 412 g/mol. The Morgan fingerprint density at radius 2 is 2.10 bits per heavy atom. The molecule has 3 unspecified atom stereocenters. The van der Waals surface area contributed by atoms with E-state index in [1.54, 1.807) is 17.1 Å². The van der Waals surface area contributed by atoms with Gasteiger partial charge in [0.15, 0.2) is 0 Å². The first kappa shape index (κ1) is 18.8. The van der Waals surface area contributed by atoms with Gasteiger partial charge in [-0.2, -0.15) is 0 Å². The number of furan rings is 1. The van der Waals surface area contributed by atoms with E-state index in [1.165, 1.54) is 25.9 Å². The predicted molar refractivity (Wildman–Crippen MR) is 115 cm³/mol. The molecule has 0 spiro atoms. The van der Waals surface area contributed by atoms with E-state index in [1.807, 2.05) is 30.5 Å². The first-order valence-electron chi connectivity index (χ1n) is 10.4. The van der Waals surface area contributed by atoms with Gasteiger partial charge in [-0.3, -0.25) is 4.57 Å². The number of piperidine rings is 1. The van der Waals surface area contributed by atoms with Crippen molar-refractivity contribution in [3.8, 4) is 11.1 Å². The number of hydrogen-bond donors (Lipinski definition) is 1. The second-order valence-corrected chi connectivity index (χ2v) is 9.05. The molecule has 1 saturated carbocycles. The fourth-order valence-electron chi connectivity index (χ4n) is 5.19. The Hall–Kier alpha value is -2.24. The van der Waals surface area contributed by atoms with Crippen LogP contribution in [-0.4, -0.2) is 41.7 Å². The molecule has 3 heterocycles. The fourth-order valence-corrected chi connectivity index (χ4v) is 5.36. The Bertz CT molecular complexity index is 1030. The second-order valence-electron chi connectivity index (χ2n) is 8.62. The van der Waals surface area contributed by atoms with Crippen LogP contribution in [0.3, 0.4) is 0 Å². The number of likely N-dealkylation sites (tertiary alicyclic amines) is 1. The zero-order chi connectivity index (χ0) is 20.0. The Morgan fingerprint density at radius 3 is 2.93 bits per heavy atom. The number of hydrogen-bond acceptors (Lipinski definition) is 3. The summed E-state index contributed by atoms with van der Waals surface area (Å²) < 4.78 is 6.97. The van der Waals surface area contributed by atoms with Crippen molar-refractivity contribution in [2.24, 2.45) is 11.8 Å². The summed E-state index contributed by atoms with van der Waals surface area (Å²) >= 11 is 6.23. The SMILES string of the molecule is CN1CCC2CC(NC(=O)n3cc(-c4ccoc4)c4cc(Cl)ccc43)CCC2C1. The third-order valence-electron chi connectivity index (χ3n) is 6.71.